The van der Waals surface area contributed by atoms with Gasteiger partial charge in [-0.2, -0.15) is 0 Å². The van der Waals surface area contributed by atoms with Crippen molar-refractivity contribution in [1.82, 2.24) is 21.3 Å². The second kappa shape index (κ2) is 17.4. The number of nitrogens with zero attached hydrogens (tertiary/aromatic N) is 1. The Labute approximate surface area is 289 Å². The fourth-order valence-electron chi connectivity index (χ4n) is 6.33. The minimum absolute atomic E-state index is 0.0232. The third-order valence-electron chi connectivity index (χ3n) is 8.92. The summed E-state index contributed by atoms with van der Waals surface area (Å²) in [5.74, 6) is -5.92. The van der Waals surface area contributed by atoms with E-state index in [4.69, 9.17) is 40.6 Å². The highest BCUT2D eigenvalue weighted by atomic mass is 16.6. The lowest BCUT2D eigenvalue weighted by molar-refractivity contribution is -0.147. The van der Waals surface area contributed by atoms with Crippen LogP contribution >= 0.6 is 0 Å². The van der Waals surface area contributed by atoms with Gasteiger partial charge < -0.3 is 61.9 Å². The van der Waals surface area contributed by atoms with Crippen molar-refractivity contribution in [1.29, 1.82) is 0 Å². The number of hydrogen-bond donors (Lipinski definition) is 8. The molecular weight excluding hydrogens is 662 g/mol. The van der Waals surface area contributed by atoms with E-state index in [1.807, 2.05) is 26.1 Å². The zero-order valence-corrected chi connectivity index (χ0v) is 28.7. The van der Waals surface area contributed by atoms with Gasteiger partial charge in [0.05, 0.1) is 31.6 Å². The summed E-state index contributed by atoms with van der Waals surface area (Å²) in [5.41, 5.74) is 10.9. The second-order valence-corrected chi connectivity index (χ2v) is 13.0. The Kier molecular flexibility index (Phi) is 13.9. The molecule has 8 atom stereocenters. The van der Waals surface area contributed by atoms with Gasteiger partial charge in [-0.1, -0.05) is 11.6 Å². The van der Waals surface area contributed by atoms with Crippen LogP contribution in [0.2, 0.25) is 0 Å². The van der Waals surface area contributed by atoms with Crippen LogP contribution in [0.15, 0.2) is 16.6 Å². The summed E-state index contributed by atoms with van der Waals surface area (Å²) in [6.07, 6.45) is 1.26. The van der Waals surface area contributed by atoms with Crippen LogP contribution in [0, 0.1) is 5.92 Å². The van der Waals surface area contributed by atoms with E-state index in [2.05, 4.69) is 27.0 Å². The molecule has 4 amide bonds. The van der Waals surface area contributed by atoms with E-state index in [1.54, 1.807) is 7.11 Å². The van der Waals surface area contributed by atoms with Crippen molar-refractivity contribution in [3.05, 3.63) is 11.6 Å². The molecule has 3 aliphatic rings. The standard InChI is InChI=1S/C31H49N7O12/c1-16(2)7-8-20-30(3,50-20)25-24(47-4)19(9-10-31(25)15-48-31)49-29(46)36-14-22(40)37-17(6-5-11-34-28(32)33)26(43)35-13-21(39)38-18(27(44)45)12-23(41)42/h7,17-20,24-25H,5-6,8-15H2,1-4H3,(H,35,43)(H,36,46)(H,37,40)(H,38,39)(H,41,42)(H,44,45)(H4,32,33,34)/t17-,18-,19+,20?,24+,25+,30?,31?/m0/s1. The van der Waals surface area contributed by atoms with Crippen molar-refractivity contribution < 1.29 is 57.9 Å². The predicted molar refractivity (Wildman–Crippen MR) is 174 cm³/mol. The van der Waals surface area contributed by atoms with Gasteiger partial charge in [0.25, 0.3) is 0 Å². The topological polar surface area (TPSA) is 299 Å². The average molecular weight is 712 g/mol. The maximum absolute atomic E-state index is 12.9. The number of amides is 4. The number of ether oxygens (including phenoxy) is 4. The van der Waals surface area contributed by atoms with Crippen LogP contribution in [-0.4, -0.2) is 127 Å². The number of carboxylic acid groups (broad SMARTS) is 2. The van der Waals surface area contributed by atoms with Crippen LogP contribution in [0.3, 0.4) is 0 Å². The molecule has 2 heterocycles. The minimum Gasteiger partial charge on any atom is -0.481 e. The Morgan fingerprint density at radius 1 is 1.04 bits per heavy atom. The molecule has 2 aliphatic heterocycles. The van der Waals surface area contributed by atoms with Gasteiger partial charge in [0.15, 0.2) is 5.96 Å². The zero-order valence-electron chi connectivity index (χ0n) is 28.7. The Balaban J connectivity index is 1.55. The number of rotatable bonds is 19. The van der Waals surface area contributed by atoms with Crippen molar-refractivity contribution in [3.63, 3.8) is 0 Å². The van der Waals surface area contributed by atoms with E-state index in [1.165, 1.54) is 5.57 Å². The predicted octanol–water partition coefficient (Wildman–Crippen LogP) is -1.51. The summed E-state index contributed by atoms with van der Waals surface area (Å²) in [6, 6.07) is -2.92. The van der Waals surface area contributed by atoms with Crippen LogP contribution in [0.25, 0.3) is 0 Å². The monoisotopic (exact) mass is 711 g/mol. The van der Waals surface area contributed by atoms with E-state index in [0.29, 0.717) is 19.4 Å². The first-order chi connectivity index (χ1) is 23.5. The van der Waals surface area contributed by atoms with E-state index in [9.17, 15) is 28.8 Å². The number of methoxy groups -OCH3 is 1. The van der Waals surface area contributed by atoms with E-state index in [-0.39, 0.29) is 37.4 Å². The van der Waals surface area contributed by atoms with Gasteiger partial charge in [0.2, 0.25) is 17.7 Å². The Hall–Kier alpha value is -4.49. The number of hydrogen-bond acceptors (Lipinski definition) is 11. The molecule has 1 aliphatic carbocycles. The first-order valence-electron chi connectivity index (χ1n) is 16.3. The number of nitrogens with one attached hydrogen (secondary N) is 4. The molecule has 0 radical (unpaired) electrons. The summed E-state index contributed by atoms with van der Waals surface area (Å²) in [5, 5.41) is 27.1. The molecule has 3 rings (SSSR count). The normalized spacial score (nSPS) is 27.4. The number of allylic oxidation sites excluding steroid dienone is 1. The number of aliphatic imine (C=N–C) groups is 1. The molecule has 50 heavy (non-hydrogen) atoms. The molecule has 1 saturated carbocycles. The number of epoxide rings is 2. The molecule has 2 saturated heterocycles. The largest absolute Gasteiger partial charge is 0.481 e. The SMILES string of the molecule is CO[C@@H]1[C@H](OC(=O)NCC(=O)N[C@@H](CCCN=C(N)N)C(=O)NCC(=O)N[C@@H](CC(=O)O)C(=O)O)CCC2(CO2)[C@H]1C1(C)OC1CC=C(C)C. The van der Waals surface area contributed by atoms with Gasteiger partial charge in [-0.3, -0.25) is 24.2 Å². The smallest absolute Gasteiger partial charge is 0.407 e. The molecule has 0 aromatic rings. The minimum atomic E-state index is -1.71. The first-order valence-corrected chi connectivity index (χ1v) is 16.3. The lowest BCUT2D eigenvalue weighted by Crippen LogP contribution is -2.56. The molecule has 280 valence electrons. The lowest BCUT2D eigenvalue weighted by Gasteiger charge is -2.42. The quantitative estimate of drug-likeness (QED) is 0.0248. The van der Waals surface area contributed by atoms with Crippen molar-refractivity contribution in [2.75, 3.05) is 33.4 Å². The molecule has 3 fully saturated rings. The molecule has 19 nitrogen and oxygen atoms in total. The molecule has 0 aromatic carbocycles. The van der Waals surface area contributed by atoms with E-state index >= 15 is 0 Å². The third kappa shape index (κ3) is 11.3. The van der Waals surface area contributed by atoms with Crippen molar-refractivity contribution >= 4 is 41.7 Å². The molecule has 0 bridgehead atoms. The van der Waals surface area contributed by atoms with Gasteiger partial charge >= 0.3 is 18.0 Å². The fourth-order valence-corrected chi connectivity index (χ4v) is 6.33. The van der Waals surface area contributed by atoms with E-state index < -0.39 is 90.8 Å². The summed E-state index contributed by atoms with van der Waals surface area (Å²) < 4.78 is 23.7. The maximum Gasteiger partial charge on any atom is 0.407 e. The molecule has 1 spiro atoms. The van der Waals surface area contributed by atoms with Crippen LogP contribution < -0.4 is 32.7 Å². The number of guanidine groups is 1. The number of alkyl carbamates (subject to hydrolysis) is 1. The second-order valence-electron chi connectivity index (χ2n) is 13.0. The van der Waals surface area contributed by atoms with Crippen molar-refractivity contribution in [2.24, 2.45) is 22.4 Å². The highest BCUT2D eigenvalue weighted by molar-refractivity contribution is 5.93. The van der Waals surface area contributed by atoms with Crippen LogP contribution in [0.5, 0.6) is 0 Å². The highest BCUT2D eigenvalue weighted by Crippen LogP contribution is 2.59. The molecule has 3 unspecified atom stereocenters. The summed E-state index contributed by atoms with van der Waals surface area (Å²) in [6.45, 7) is 5.48. The molecular formula is C31H49N7O12. The number of carbonyl (C=O) groups is 6. The third-order valence-corrected chi connectivity index (χ3v) is 8.92. The molecule has 0 aromatic heterocycles. The maximum atomic E-state index is 12.9. The van der Waals surface area contributed by atoms with Crippen LogP contribution in [-0.2, 0) is 42.9 Å². The Morgan fingerprint density at radius 2 is 1.68 bits per heavy atom. The van der Waals surface area contributed by atoms with Crippen molar-refractivity contribution in [2.45, 2.75) is 101 Å². The molecule has 19 heteroatoms. The van der Waals surface area contributed by atoms with E-state index in [0.717, 1.165) is 6.42 Å². The fraction of sp³-hybridized carbons (Fsp3) is 0.710. The first kappa shape index (κ1) is 39.9. The highest BCUT2D eigenvalue weighted by Gasteiger charge is 2.72. The zero-order chi connectivity index (χ0) is 37.2. The van der Waals surface area contributed by atoms with Gasteiger partial charge in [-0.25, -0.2) is 9.59 Å². The van der Waals surface area contributed by atoms with Crippen LogP contribution in [0.4, 0.5) is 4.79 Å². The van der Waals surface area contributed by atoms with Crippen molar-refractivity contribution in [3.8, 4) is 0 Å². The number of aliphatic carboxylic acids is 2. The summed E-state index contributed by atoms with van der Waals surface area (Å²) >= 11 is 0. The lowest BCUT2D eigenvalue weighted by atomic mass is 9.68. The average Bonchev–Trinajstić information content (AvgIpc) is 3.95. The van der Waals surface area contributed by atoms with Gasteiger partial charge in [0.1, 0.15) is 42.0 Å². The number of nitrogens with two attached hydrogens (primary N) is 2. The van der Waals surface area contributed by atoms with Gasteiger partial charge in [-0.15, -0.1) is 0 Å². The van der Waals surface area contributed by atoms with Crippen LogP contribution in [0.1, 0.15) is 59.3 Å². The molecule has 10 N–H and O–H groups in total. The Bertz CT molecular complexity index is 1340. The van der Waals surface area contributed by atoms with Gasteiger partial charge in [-0.05, 0) is 52.9 Å². The summed E-state index contributed by atoms with van der Waals surface area (Å²) in [7, 11) is 1.54. The number of carboxylic acids is 2. The summed E-state index contributed by atoms with van der Waals surface area (Å²) in [4.78, 5) is 76.7. The number of carbonyl (C=O) groups excluding carboxylic acids is 4. The van der Waals surface area contributed by atoms with Gasteiger partial charge in [0, 0.05) is 13.7 Å². The Morgan fingerprint density at radius 3 is 2.24 bits per heavy atom.